The van der Waals surface area contributed by atoms with Crippen LogP contribution in [0.2, 0.25) is 0 Å². The van der Waals surface area contributed by atoms with Crippen molar-refractivity contribution in [1.82, 2.24) is 9.88 Å². The molecule has 0 bridgehead atoms. The van der Waals surface area contributed by atoms with Crippen LogP contribution in [0.4, 0.5) is 0 Å². The molecule has 1 fully saturated rings. The van der Waals surface area contributed by atoms with Crippen LogP contribution in [0, 0.1) is 5.92 Å². The first kappa shape index (κ1) is 16.2. The number of pyridine rings is 1. The molecule has 4 nitrogen and oxygen atoms in total. The maximum absolute atomic E-state index is 11.0. The van der Waals surface area contributed by atoms with Gasteiger partial charge < -0.3 is 14.7 Å². The van der Waals surface area contributed by atoms with Crippen LogP contribution >= 0.6 is 0 Å². The van der Waals surface area contributed by atoms with Crippen molar-refractivity contribution in [3.05, 3.63) is 24.0 Å². The summed E-state index contributed by atoms with van der Waals surface area (Å²) in [6.45, 7) is 4.85. The highest BCUT2D eigenvalue weighted by Gasteiger charge is 2.43. The largest absolute Gasteiger partial charge is 0.492 e. The topological polar surface area (TPSA) is 45.6 Å². The first-order valence-corrected chi connectivity index (χ1v) is 7.93. The van der Waals surface area contributed by atoms with Crippen LogP contribution in [0.5, 0.6) is 5.75 Å². The van der Waals surface area contributed by atoms with Gasteiger partial charge in [0.2, 0.25) is 0 Å². The van der Waals surface area contributed by atoms with Gasteiger partial charge in [0.1, 0.15) is 5.75 Å². The number of aliphatic hydroxyl groups excluding tert-OH is 1. The highest BCUT2D eigenvalue weighted by Crippen LogP contribution is 2.43. The fourth-order valence-electron chi connectivity index (χ4n) is 3.37. The molecule has 4 heteroatoms. The highest BCUT2D eigenvalue weighted by molar-refractivity contribution is 5.27. The van der Waals surface area contributed by atoms with Crippen molar-refractivity contribution in [3.63, 3.8) is 0 Å². The zero-order valence-corrected chi connectivity index (χ0v) is 13.7. The number of aliphatic hydroxyl groups is 1. The number of rotatable bonds is 5. The minimum Gasteiger partial charge on any atom is -0.492 e. The normalized spacial score (nSPS) is 27.6. The molecule has 0 aromatic carbocycles. The van der Waals surface area contributed by atoms with Gasteiger partial charge in [-0.2, -0.15) is 0 Å². The fraction of sp³-hybridized carbons (Fsp3) is 0.706. The monoisotopic (exact) mass is 292 g/mol. The summed E-state index contributed by atoms with van der Waals surface area (Å²) in [6.07, 6.45) is 7.28. The quantitative estimate of drug-likeness (QED) is 0.906. The Morgan fingerprint density at radius 1 is 1.38 bits per heavy atom. The van der Waals surface area contributed by atoms with Crippen molar-refractivity contribution in [2.45, 2.75) is 51.2 Å². The lowest BCUT2D eigenvalue weighted by atomic mass is 9.71. The number of hydrogen-bond donors (Lipinski definition) is 1. The Labute approximate surface area is 128 Å². The van der Waals surface area contributed by atoms with Crippen molar-refractivity contribution in [2.24, 2.45) is 5.92 Å². The Morgan fingerprint density at radius 3 is 2.62 bits per heavy atom. The van der Waals surface area contributed by atoms with Crippen LogP contribution in [0.15, 0.2) is 18.5 Å². The fourth-order valence-corrected chi connectivity index (χ4v) is 3.37. The standard InChI is InChI=1S/C17H28N2O2/c1-5-21-15-10-14(11-18-12-15)16(20)17(19(3)4)8-6-13(2)7-9-17/h10-13,16,20H,5-9H2,1-4H3. The summed E-state index contributed by atoms with van der Waals surface area (Å²) >= 11 is 0. The third-order valence-electron chi connectivity index (χ3n) is 4.90. The van der Waals surface area contributed by atoms with Crippen molar-refractivity contribution >= 4 is 0 Å². The van der Waals surface area contributed by atoms with E-state index in [9.17, 15) is 5.11 Å². The van der Waals surface area contributed by atoms with Gasteiger partial charge in [-0.3, -0.25) is 4.98 Å². The number of hydrogen-bond acceptors (Lipinski definition) is 4. The van der Waals surface area contributed by atoms with Crippen molar-refractivity contribution in [1.29, 1.82) is 0 Å². The van der Waals surface area contributed by atoms with Crippen molar-refractivity contribution in [3.8, 4) is 5.75 Å². The molecule has 0 aliphatic heterocycles. The molecule has 1 saturated carbocycles. The molecule has 0 radical (unpaired) electrons. The van der Waals surface area contributed by atoms with Crippen molar-refractivity contribution < 1.29 is 9.84 Å². The number of likely N-dealkylation sites (N-methyl/N-ethyl adjacent to an activating group) is 1. The highest BCUT2D eigenvalue weighted by atomic mass is 16.5. The number of ether oxygens (including phenoxy) is 1. The van der Waals surface area contributed by atoms with Gasteiger partial charge in [0, 0.05) is 11.8 Å². The van der Waals surface area contributed by atoms with E-state index in [-0.39, 0.29) is 5.54 Å². The molecular formula is C17H28N2O2. The summed E-state index contributed by atoms with van der Waals surface area (Å²) in [5.41, 5.74) is 0.656. The third-order valence-corrected chi connectivity index (χ3v) is 4.90. The van der Waals surface area contributed by atoms with Crippen LogP contribution in [0.25, 0.3) is 0 Å². The second kappa shape index (κ2) is 6.75. The van der Waals surface area contributed by atoms with E-state index in [1.165, 1.54) is 0 Å². The van der Waals surface area contributed by atoms with Gasteiger partial charge in [0.25, 0.3) is 0 Å². The molecule has 1 heterocycles. The maximum Gasteiger partial charge on any atom is 0.137 e. The zero-order valence-electron chi connectivity index (χ0n) is 13.7. The lowest BCUT2D eigenvalue weighted by Gasteiger charge is -2.47. The average molecular weight is 292 g/mol. The van der Waals surface area contributed by atoms with Gasteiger partial charge in [-0.25, -0.2) is 0 Å². The van der Waals surface area contributed by atoms with Gasteiger partial charge in [0.05, 0.1) is 24.4 Å². The Kier molecular flexibility index (Phi) is 5.22. The van der Waals surface area contributed by atoms with E-state index >= 15 is 0 Å². The van der Waals surface area contributed by atoms with Gasteiger partial charge >= 0.3 is 0 Å². The first-order chi connectivity index (χ1) is 9.99. The Balaban J connectivity index is 2.26. The van der Waals surface area contributed by atoms with Crippen LogP contribution in [0.3, 0.4) is 0 Å². The molecule has 0 amide bonds. The molecule has 0 spiro atoms. The lowest BCUT2D eigenvalue weighted by molar-refractivity contribution is -0.0410. The minimum atomic E-state index is -0.534. The summed E-state index contributed by atoms with van der Waals surface area (Å²) in [6, 6.07) is 1.92. The SMILES string of the molecule is CCOc1cncc(C(O)C2(N(C)C)CCC(C)CC2)c1. The summed E-state index contributed by atoms with van der Waals surface area (Å²) in [5.74, 6) is 1.48. The van der Waals surface area contributed by atoms with E-state index in [1.807, 2.05) is 13.0 Å². The molecule has 1 unspecified atom stereocenters. The minimum absolute atomic E-state index is 0.195. The molecule has 1 aliphatic rings. The molecule has 1 aromatic rings. The molecule has 21 heavy (non-hydrogen) atoms. The summed E-state index contributed by atoms with van der Waals surface area (Å²) < 4.78 is 5.51. The number of nitrogens with zero attached hydrogens (tertiary/aromatic N) is 2. The Hall–Kier alpha value is -1.13. The van der Waals surface area contributed by atoms with Gasteiger partial charge in [-0.05, 0) is 58.7 Å². The van der Waals surface area contributed by atoms with E-state index in [2.05, 4.69) is 30.9 Å². The Bertz CT molecular complexity index is 454. The first-order valence-electron chi connectivity index (χ1n) is 7.93. The summed E-state index contributed by atoms with van der Waals surface area (Å²) in [7, 11) is 4.14. The van der Waals surface area contributed by atoms with E-state index in [0.717, 1.165) is 42.9 Å². The predicted molar refractivity (Wildman–Crippen MR) is 84.4 cm³/mol. The molecule has 1 aromatic heterocycles. The van der Waals surface area contributed by atoms with E-state index in [0.29, 0.717) is 6.61 Å². The van der Waals surface area contributed by atoms with Crippen LogP contribution < -0.4 is 4.74 Å². The Morgan fingerprint density at radius 2 is 2.05 bits per heavy atom. The van der Waals surface area contributed by atoms with E-state index in [4.69, 9.17) is 4.74 Å². The second-order valence-corrected chi connectivity index (χ2v) is 6.47. The third kappa shape index (κ3) is 3.38. The van der Waals surface area contributed by atoms with E-state index < -0.39 is 6.10 Å². The van der Waals surface area contributed by atoms with Crippen LogP contribution in [-0.2, 0) is 0 Å². The lowest BCUT2D eigenvalue weighted by Crippen LogP contribution is -2.51. The van der Waals surface area contributed by atoms with Crippen LogP contribution in [-0.4, -0.2) is 41.2 Å². The predicted octanol–water partition coefficient (Wildman–Crippen LogP) is 3.02. The number of aromatic nitrogens is 1. The molecule has 118 valence electrons. The average Bonchev–Trinajstić information content (AvgIpc) is 2.48. The zero-order chi connectivity index (χ0) is 15.5. The molecular weight excluding hydrogens is 264 g/mol. The van der Waals surface area contributed by atoms with Crippen LogP contribution in [0.1, 0.15) is 51.2 Å². The molecule has 0 saturated heterocycles. The van der Waals surface area contributed by atoms with E-state index in [1.54, 1.807) is 12.4 Å². The molecule has 1 aliphatic carbocycles. The summed E-state index contributed by atoms with van der Waals surface area (Å²) in [5, 5.41) is 11.0. The molecule has 1 atom stereocenters. The second-order valence-electron chi connectivity index (χ2n) is 6.47. The van der Waals surface area contributed by atoms with Gasteiger partial charge in [-0.1, -0.05) is 6.92 Å². The smallest absolute Gasteiger partial charge is 0.137 e. The van der Waals surface area contributed by atoms with Gasteiger partial charge in [-0.15, -0.1) is 0 Å². The van der Waals surface area contributed by atoms with Gasteiger partial charge in [0.15, 0.2) is 0 Å². The maximum atomic E-state index is 11.0. The van der Waals surface area contributed by atoms with Crippen molar-refractivity contribution in [2.75, 3.05) is 20.7 Å². The summed E-state index contributed by atoms with van der Waals surface area (Å²) in [4.78, 5) is 6.41. The molecule has 2 rings (SSSR count). The molecule has 1 N–H and O–H groups in total.